The molecule has 0 atom stereocenters. The molecule has 2 aromatic rings. The predicted octanol–water partition coefficient (Wildman–Crippen LogP) is 2.80. The highest BCUT2D eigenvalue weighted by Crippen LogP contribution is 2.37. The molecule has 0 spiro atoms. The standard InChI is InChI=1S/C10H9N3S/c1-7-6-10-11-8-4-2-3-5-9(8)14-13(10)12-7/h2-6,11H,1H3. The van der Waals surface area contributed by atoms with Crippen LogP contribution in [-0.4, -0.2) is 9.19 Å². The molecule has 0 bridgehead atoms. The predicted molar refractivity (Wildman–Crippen MR) is 57.9 cm³/mol. The maximum Gasteiger partial charge on any atom is 0.141 e. The lowest BCUT2D eigenvalue weighted by Gasteiger charge is -2.17. The van der Waals surface area contributed by atoms with Gasteiger partial charge in [-0.05, 0) is 19.1 Å². The van der Waals surface area contributed by atoms with Crippen LogP contribution in [0.5, 0.6) is 0 Å². The molecule has 1 aliphatic heterocycles. The number of aromatic nitrogens is 2. The Morgan fingerprint density at radius 1 is 1.36 bits per heavy atom. The minimum absolute atomic E-state index is 1.04. The highest BCUT2D eigenvalue weighted by Gasteiger charge is 2.15. The third-order valence-electron chi connectivity index (χ3n) is 2.13. The Labute approximate surface area is 86.3 Å². The molecule has 0 amide bonds. The van der Waals surface area contributed by atoms with Crippen LogP contribution in [0.1, 0.15) is 5.69 Å². The summed E-state index contributed by atoms with van der Waals surface area (Å²) in [6.45, 7) is 2.00. The van der Waals surface area contributed by atoms with Crippen LogP contribution < -0.4 is 5.32 Å². The van der Waals surface area contributed by atoms with Gasteiger partial charge in [-0.3, -0.25) is 0 Å². The van der Waals surface area contributed by atoms with Crippen LogP contribution >= 0.6 is 11.9 Å². The number of rotatable bonds is 0. The zero-order chi connectivity index (χ0) is 9.54. The van der Waals surface area contributed by atoms with Gasteiger partial charge in [-0.2, -0.15) is 9.19 Å². The van der Waals surface area contributed by atoms with Crippen LogP contribution in [0.25, 0.3) is 0 Å². The summed E-state index contributed by atoms with van der Waals surface area (Å²) in [6, 6.07) is 10.3. The fourth-order valence-electron chi connectivity index (χ4n) is 1.51. The van der Waals surface area contributed by atoms with Gasteiger partial charge in [0.05, 0.1) is 16.3 Å². The van der Waals surface area contributed by atoms with E-state index in [4.69, 9.17) is 0 Å². The van der Waals surface area contributed by atoms with E-state index in [2.05, 4.69) is 22.5 Å². The lowest BCUT2D eigenvalue weighted by molar-refractivity contribution is 0.972. The van der Waals surface area contributed by atoms with Crippen molar-refractivity contribution in [1.29, 1.82) is 0 Å². The van der Waals surface area contributed by atoms with Crippen LogP contribution in [0.15, 0.2) is 35.2 Å². The maximum absolute atomic E-state index is 4.37. The maximum atomic E-state index is 4.37. The first-order valence-electron chi connectivity index (χ1n) is 4.44. The third kappa shape index (κ3) is 1.11. The van der Waals surface area contributed by atoms with Crippen molar-refractivity contribution in [3.05, 3.63) is 36.0 Å². The Balaban J connectivity index is 2.12. The molecule has 0 radical (unpaired) electrons. The number of aryl methyl sites for hydroxylation is 1. The van der Waals surface area contributed by atoms with E-state index >= 15 is 0 Å². The average molecular weight is 203 g/mol. The van der Waals surface area contributed by atoms with Gasteiger partial charge in [0.15, 0.2) is 0 Å². The van der Waals surface area contributed by atoms with Gasteiger partial charge in [-0.1, -0.05) is 12.1 Å². The summed E-state index contributed by atoms with van der Waals surface area (Å²) in [4.78, 5) is 1.21. The van der Waals surface area contributed by atoms with Gasteiger partial charge in [0.2, 0.25) is 0 Å². The number of nitrogens with one attached hydrogen (secondary N) is 1. The molecule has 0 saturated carbocycles. The second-order valence-corrected chi connectivity index (χ2v) is 4.22. The molecule has 4 heteroatoms. The molecule has 70 valence electrons. The first-order valence-corrected chi connectivity index (χ1v) is 5.21. The smallest absolute Gasteiger partial charge is 0.141 e. The van der Waals surface area contributed by atoms with Gasteiger partial charge in [0, 0.05) is 18.0 Å². The second kappa shape index (κ2) is 2.78. The molecule has 3 rings (SSSR count). The first kappa shape index (κ1) is 7.94. The molecule has 2 heterocycles. The molecule has 1 aromatic heterocycles. The average Bonchev–Trinajstić information content (AvgIpc) is 2.53. The molecule has 0 unspecified atom stereocenters. The van der Waals surface area contributed by atoms with Gasteiger partial charge in [-0.25, -0.2) is 0 Å². The number of nitrogens with zero attached hydrogens (tertiary/aromatic N) is 2. The van der Waals surface area contributed by atoms with Gasteiger partial charge >= 0.3 is 0 Å². The van der Waals surface area contributed by atoms with E-state index in [1.54, 1.807) is 11.9 Å². The molecular formula is C10H9N3S. The van der Waals surface area contributed by atoms with Crippen LogP contribution in [0.4, 0.5) is 11.5 Å². The number of para-hydroxylation sites is 1. The van der Waals surface area contributed by atoms with E-state index in [-0.39, 0.29) is 0 Å². The number of anilines is 2. The van der Waals surface area contributed by atoms with Crippen molar-refractivity contribution in [3.63, 3.8) is 0 Å². The van der Waals surface area contributed by atoms with Crippen molar-refractivity contribution in [2.24, 2.45) is 0 Å². The minimum atomic E-state index is 1.04. The van der Waals surface area contributed by atoms with Gasteiger partial charge in [0.1, 0.15) is 5.82 Å². The van der Waals surface area contributed by atoms with Crippen molar-refractivity contribution in [2.45, 2.75) is 11.8 Å². The largest absolute Gasteiger partial charge is 0.339 e. The molecule has 1 aromatic carbocycles. The summed E-state index contributed by atoms with van der Waals surface area (Å²) >= 11 is 1.65. The lowest BCUT2D eigenvalue weighted by atomic mass is 10.3. The van der Waals surface area contributed by atoms with Crippen molar-refractivity contribution in [1.82, 2.24) is 9.19 Å². The molecule has 14 heavy (non-hydrogen) atoms. The van der Waals surface area contributed by atoms with Crippen molar-refractivity contribution in [3.8, 4) is 0 Å². The first-order chi connectivity index (χ1) is 6.83. The van der Waals surface area contributed by atoms with E-state index < -0.39 is 0 Å². The van der Waals surface area contributed by atoms with E-state index in [0.717, 1.165) is 17.2 Å². The Bertz CT molecular complexity index is 447. The molecular weight excluding hydrogens is 194 g/mol. The zero-order valence-corrected chi connectivity index (χ0v) is 8.51. The quantitative estimate of drug-likeness (QED) is 0.609. The molecule has 3 nitrogen and oxygen atoms in total. The fourth-order valence-corrected chi connectivity index (χ4v) is 2.42. The van der Waals surface area contributed by atoms with Crippen molar-refractivity contribution >= 4 is 23.5 Å². The van der Waals surface area contributed by atoms with E-state index in [1.165, 1.54) is 4.90 Å². The van der Waals surface area contributed by atoms with Gasteiger partial charge in [0.25, 0.3) is 0 Å². The van der Waals surface area contributed by atoms with Gasteiger partial charge in [-0.15, -0.1) is 0 Å². The summed E-state index contributed by atoms with van der Waals surface area (Å²) in [7, 11) is 0. The van der Waals surface area contributed by atoms with Crippen LogP contribution in [0, 0.1) is 6.92 Å². The summed E-state index contributed by atoms with van der Waals surface area (Å²) in [5, 5.41) is 7.71. The number of hydrogen-bond donors (Lipinski definition) is 1. The Hall–Kier alpha value is -1.42. The summed E-state index contributed by atoms with van der Waals surface area (Å²) in [5.41, 5.74) is 2.19. The second-order valence-electron chi connectivity index (χ2n) is 3.26. The molecule has 1 N–H and O–H groups in total. The number of benzene rings is 1. The Morgan fingerprint density at radius 2 is 2.21 bits per heavy atom. The van der Waals surface area contributed by atoms with Crippen LogP contribution in [0.3, 0.4) is 0 Å². The van der Waals surface area contributed by atoms with E-state index in [0.29, 0.717) is 0 Å². The van der Waals surface area contributed by atoms with Gasteiger partial charge < -0.3 is 5.32 Å². The fraction of sp³-hybridized carbons (Fsp3) is 0.100. The molecule has 0 aliphatic carbocycles. The monoisotopic (exact) mass is 203 g/mol. The molecule has 0 saturated heterocycles. The highest BCUT2D eigenvalue weighted by molar-refractivity contribution is 7.98. The van der Waals surface area contributed by atoms with Crippen molar-refractivity contribution in [2.75, 3.05) is 5.32 Å². The van der Waals surface area contributed by atoms with Crippen LogP contribution in [0.2, 0.25) is 0 Å². The molecule has 0 fully saturated rings. The van der Waals surface area contributed by atoms with E-state index in [1.807, 2.05) is 29.2 Å². The normalized spacial score (nSPS) is 12.9. The Kier molecular flexibility index (Phi) is 1.58. The third-order valence-corrected chi connectivity index (χ3v) is 3.14. The summed E-state index contributed by atoms with van der Waals surface area (Å²) in [6.07, 6.45) is 0. The lowest BCUT2D eigenvalue weighted by Crippen LogP contribution is -2.04. The number of fused-ring (bicyclic) bond motifs is 2. The Morgan fingerprint density at radius 3 is 3.14 bits per heavy atom. The van der Waals surface area contributed by atoms with E-state index in [9.17, 15) is 0 Å². The molecule has 1 aliphatic rings. The zero-order valence-electron chi connectivity index (χ0n) is 7.69. The van der Waals surface area contributed by atoms with Crippen LogP contribution in [-0.2, 0) is 0 Å². The number of hydrogen-bond acceptors (Lipinski definition) is 3. The SMILES string of the molecule is Cc1cc2n(n1)Sc1ccccc1N2. The van der Waals surface area contributed by atoms with Crippen molar-refractivity contribution < 1.29 is 0 Å². The summed E-state index contributed by atoms with van der Waals surface area (Å²) < 4.78 is 1.91. The topological polar surface area (TPSA) is 29.9 Å². The minimum Gasteiger partial charge on any atom is -0.339 e. The highest BCUT2D eigenvalue weighted by atomic mass is 32.2. The summed E-state index contributed by atoms with van der Waals surface area (Å²) in [5.74, 6) is 1.05.